The lowest BCUT2D eigenvalue weighted by molar-refractivity contribution is 0.306. The molecule has 0 radical (unpaired) electrons. The van der Waals surface area contributed by atoms with Crippen LogP contribution in [0.15, 0.2) is 54.7 Å². The van der Waals surface area contributed by atoms with E-state index in [0.29, 0.717) is 18.0 Å². The maximum atomic E-state index is 5.92. The van der Waals surface area contributed by atoms with Crippen LogP contribution >= 0.6 is 0 Å². The van der Waals surface area contributed by atoms with Gasteiger partial charge < -0.3 is 15.2 Å². The number of fused-ring (bicyclic) bond motifs is 1. The van der Waals surface area contributed by atoms with Gasteiger partial charge in [-0.1, -0.05) is 24.3 Å². The number of para-hydroxylation sites is 1. The quantitative estimate of drug-likeness (QED) is 0.744. The van der Waals surface area contributed by atoms with Gasteiger partial charge in [-0.3, -0.25) is 4.98 Å². The smallest absolute Gasteiger partial charge is 0.146 e. The second-order valence-corrected chi connectivity index (χ2v) is 4.68. The van der Waals surface area contributed by atoms with Crippen LogP contribution in [0.1, 0.15) is 5.56 Å². The molecule has 2 N–H and O–H groups in total. The first kappa shape index (κ1) is 13.2. The number of nitrogens with two attached hydrogens (primary N) is 1. The van der Waals surface area contributed by atoms with Crippen LogP contribution in [0.3, 0.4) is 0 Å². The van der Waals surface area contributed by atoms with Gasteiger partial charge in [-0.25, -0.2) is 0 Å². The molecule has 106 valence electrons. The topological polar surface area (TPSA) is 57.4 Å². The Balaban J connectivity index is 1.87. The summed E-state index contributed by atoms with van der Waals surface area (Å²) in [7, 11) is 1.62. The molecule has 2 aromatic carbocycles. The Morgan fingerprint density at radius 1 is 1.10 bits per heavy atom. The van der Waals surface area contributed by atoms with Crippen molar-refractivity contribution in [3.63, 3.8) is 0 Å². The van der Waals surface area contributed by atoms with Gasteiger partial charge in [0.1, 0.15) is 18.1 Å². The van der Waals surface area contributed by atoms with Gasteiger partial charge in [0.25, 0.3) is 0 Å². The third-order valence-electron chi connectivity index (χ3n) is 3.32. The van der Waals surface area contributed by atoms with E-state index < -0.39 is 0 Å². The molecule has 0 aliphatic rings. The third-order valence-corrected chi connectivity index (χ3v) is 3.32. The Morgan fingerprint density at radius 3 is 2.81 bits per heavy atom. The van der Waals surface area contributed by atoms with E-state index in [-0.39, 0.29) is 0 Å². The SMILES string of the molecule is COc1ccc(N)c(OCc2cccc3cccnc23)c1. The number of anilines is 1. The fourth-order valence-electron chi connectivity index (χ4n) is 2.21. The number of hydrogen-bond acceptors (Lipinski definition) is 4. The van der Waals surface area contributed by atoms with Crippen LogP contribution in [0.4, 0.5) is 5.69 Å². The van der Waals surface area contributed by atoms with E-state index in [1.54, 1.807) is 25.4 Å². The van der Waals surface area contributed by atoms with Crippen molar-refractivity contribution in [2.24, 2.45) is 0 Å². The van der Waals surface area contributed by atoms with Gasteiger partial charge >= 0.3 is 0 Å². The maximum Gasteiger partial charge on any atom is 0.146 e. The largest absolute Gasteiger partial charge is 0.497 e. The van der Waals surface area contributed by atoms with Crippen molar-refractivity contribution in [3.05, 3.63) is 60.3 Å². The molecule has 0 amide bonds. The maximum absolute atomic E-state index is 5.92. The molecule has 3 rings (SSSR count). The number of nitrogen functional groups attached to an aromatic ring is 1. The Labute approximate surface area is 123 Å². The van der Waals surface area contributed by atoms with Crippen molar-refractivity contribution in [3.8, 4) is 11.5 Å². The highest BCUT2D eigenvalue weighted by molar-refractivity contribution is 5.81. The van der Waals surface area contributed by atoms with Crippen LogP contribution in [0.5, 0.6) is 11.5 Å². The van der Waals surface area contributed by atoms with Crippen molar-refractivity contribution in [1.82, 2.24) is 4.98 Å². The summed E-state index contributed by atoms with van der Waals surface area (Å²) in [5.41, 5.74) is 8.48. The van der Waals surface area contributed by atoms with Crippen molar-refractivity contribution in [2.45, 2.75) is 6.61 Å². The number of hydrogen-bond donors (Lipinski definition) is 1. The molecule has 0 bridgehead atoms. The van der Waals surface area contributed by atoms with Gasteiger partial charge in [-0.2, -0.15) is 0 Å². The molecule has 1 heterocycles. The standard InChI is InChI=1S/C17H16N2O2/c1-20-14-7-8-15(18)16(10-14)21-11-13-5-2-4-12-6-3-9-19-17(12)13/h2-10H,11,18H2,1H3. The van der Waals surface area contributed by atoms with Gasteiger partial charge in [0.15, 0.2) is 0 Å². The first-order valence-electron chi connectivity index (χ1n) is 6.67. The van der Waals surface area contributed by atoms with E-state index in [4.69, 9.17) is 15.2 Å². The van der Waals surface area contributed by atoms with E-state index in [9.17, 15) is 0 Å². The van der Waals surface area contributed by atoms with E-state index >= 15 is 0 Å². The van der Waals surface area contributed by atoms with Gasteiger partial charge in [0.05, 0.1) is 18.3 Å². The molecule has 0 saturated carbocycles. The van der Waals surface area contributed by atoms with E-state index in [1.165, 1.54) is 0 Å². The van der Waals surface area contributed by atoms with Gasteiger partial charge in [0.2, 0.25) is 0 Å². The van der Waals surface area contributed by atoms with E-state index in [1.807, 2.05) is 36.4 Å². The zero-order valence-corrected chi connectivity index (χ0v) is 11.7. The summed E-state index contributed by atoms with van der Waals surface area (Å²) in [5, 5.41) is 1.09. The summed E-state index contributed by atoms with van der Waals surface area (Å²) >= 11 is 0. The van der Waals surface area contributed by atoms with Crippen LogP contribution in [0.25, 0.3) is 10.9 Å². The molecule has 0 fully saturated rings. The highest BCUT2D eigenvalue weighted by atomic mass is 16.5. The number of nitrogens with zero attached hydrogens (tertiary/aromatic N) is 1. The van der Waals surface area contributed by atoms with Gasteiger partial charge in [-0.15, -0.1) is 0 Å². The monoisotopic (exact) mass is 280 g/mol. The third kappa shape index (κ3) is 2.74. The lowest BCUT2D eigenvalue weighted by atomic mass is 10.1. The van der Waals surface area contributed by atoms with Crippen molar-refractivity contribution >= 4 is 16.6 Å². The Morgan fingerprint density at radius 2 is 1.95 bits per heavy atom. The average molecular weight is 280 g/mol. The summed E-state index contributed by atoms with van der Waals surface area (Å²) < 4.78 is 11.0. The summed E-state index contributed by atoms with van der Waals surface area (Å²) in [6, 6.07) is 15.4. The van der Waals surface area contributed by atoms with Crippen molar-refractivity contribution in [2.75, 3.05) is 12.8 Å². The summed E-state index contributed by atoms with van der Waals surface area (Å²) in [5.74, 6) is 1.33. The lowest BCUT2D eigenvalue weighted by Gasteiger charge is -2.11. The fraction of sp³-hybridized carbons (Fsp3) is 0.118. The van der Waals surface area contributed by atoms with Gasteiger partial charge in [-0.05, 0) is 18.2 Å². The Bertz CT molecular complexity index is 766. The predicted octanol–water partition coefficient (Wildman–Crippen LogP) is 3.40. The zero-order valence-electron chi connectivity index (χ0n) is 11.7. The number of ether oxygens (including phenoxy) is 2. The number of methoxy groups -OCH3 is 1. The molecule has 0 spiro atoms. The summed E-state index contributed by atoms with van der Waals surface area (Å²) in [6.45, 7) is 0.408. The molecular weight excluding hydrogens is 264 g/mol. The molecule has 3 aromatic rings. The lowest BCUT2D eigenvalue weighted by Crippen LogP contribution is -2.00. The molecule has 0 saturated heterocycles. The summed E-state index contributed by atoms with van der Waals surface area (Å²) in [4.78, 5) is 4.41. The minimum absolute atomic E-state index is 0.408. The normalized spacial score (nSPS) is 10.5. The molecular formula is C17H16N2O2. The van der Waals surface area contributed by atoms with Crippen LogP contribution in [-0.4, -0.2) is 12.1 Å². The highest BCUT2D eigenvalue weighted by Gasteiger charge is 2.06. The van der Waals surface area contributed by atoms with Crippen molar-refractivity contribution in [1.29, 1.82) is 0 Å². The number of aromatic nitrogens is 1. The Hall–Kier alpha value is -2.75. The predicted molar refractivity (Wildman–Crippen MR) is 83.5 cm³/mol. The minimum atomic E-state index is 0.408. The molecule has 0 aliphatic heterocycles. The second-order valence-electron chi connectivity index (χ2n) is 4.68. The van der Waals surface area contributed by atoms with Crippen LogP contribution in [0, 0.1) is 0 Å². The molecule has 0 unspecified atom stereocenters. The molecule has 0 aliphatic carbocycles. The van der Waals surface area contributed by atoms with Crippen LogP contribution in [0.2, 0.25) is 0 Å². The number of benzene rings is 2. The Kier molecular flexibility index (Phi) is 3.60. The fourth-order valence-corrected chi connectivity index (χ4v) is 2.21. The van der Waals surface area contributed by atoms with Crippen LogP contribution in [-0.2, 0) is 6.61 Å². The number of pyridine rings is 1. The average Bonchev–Trinajstić information content (AvgIpc) is 2.54. The second kappa shape index (κ2) is 5.71. The van der Waals surface area contributed by atoms with E-state index in [2.05, 4.69) is 4.98 Å². The highest BCUT2D eigenvalue weighted by Crippen LogP contribution is 2.28. The molecule has 1 aromatic heterocycles. The molecule has 4 nitrogen and oxygen atoms in total. The van der Waals surface area contributed by atoms with Gasteiger partial charge in [0, 0.05) is 23.2 Å². The van der Waals surface area contributed by atoms with Crippen molar-refractivity contribution < 1.29 is 9.47 Å². The molecule has 21 heavy (non-hydrogen) atoms. The minimum Gasteiger partial charge on any atom is -0.497 e. The first-order valence-corrected chi connectivity index (χ1v) is 6.67. The zero-order chi connectivity index (χ0) is 14.7. The molecule has 4 heteroatoms. The molecule has 0 atom stereocenters. The van der Waals surface area contributed by atoms with Crippen LogP contribution < -0.4 is 15.2 Å². The first-order chi connectivity index (χ1) is 10.3. The van der Waals surface area contributed by atoms with E-state index in [0.717, 1.165) is 22.2 Å². The number of rotatable bonds is 4. The summed E-state index contributed by atoms with van der Waals surface area (Å²) in [6.07, 6.45) is 1.78.